The Bertz CT molecular complexity index is 896. The number of fused-ring (bicyclic) bond motifs is 1. The predicted octanol–water partition coefficient (Wildman–Crippen LogP) is 5.56. The summed E-state index contributed by atoms with van der Waals surface area (Å²) in [4.78, 5) is 4.87. The molecule has 1 saturated carbocycles. The zero-order valence-corrected chi connectivity index (χ0v) is 13.7. The largest absolute Gasteiger partial charge is 0.497 e. The number of para-hydroxylation sites is 1. The molecule has 4 rings (SSSR count). The molecule has 1 aliphatic rings. The first kappa shape index (κ1) is 14.8. The summed E-state index contributed by atoms with van der Waals surface area (Å²) in [5.41, 5.74) is 3.08. The summed E-state index contributed by atoms with van der Waals surface area (Å²) < 4.78 is 11.5. The van der Waals surface area contributed by atoms with Gasteiger partial charge in [-0.3, -0.25) is 4.98 Å². The first-order chi connectivity index (χ1) is 11.8. The maximum Gasteiger partial charge on any atom is 0.145 e. The number of hydrogen-bond donors (Lipinski definition) is 0. The van der Waals surface area contributed by atoms with Crippen LogP contribution in [0.15, 0.2) is 55.1 Å². The lowest BCUT2D eigenvalue weighted by atomic mass is 10.0. The predicted molar refractivity (Wildman–Crippen MR) is 96.9 cm³/mol. The molecule has 3 heteroatoms. The molecule has 0 aliphatic heterocycles. The van der Waals surface area contributed by atoms with Gasteiger partial charge in [0.05, 0.1) is 18.3 Å². The number of pyridine rings is 1. The van der Waals surface area contributed by atoms with Gasteiger partial charge in [-0.1, -0.05) is 24.8 Å². The minimum Gasteiger partial charge on any atom is -0.497 e. The van der Waals surface area contributed by atoms with Crippen LogP contribution in [-0.4, -0.2) is 12.1 Å². The van der Waals surface area contributed by atoms with Crippen molar-refractivity contribution in [3.63, 3.8) is 0 Å². The Morgan fingerprint density at radius 2 is 1.75 bits per heavy atom. The van der Waals surface area contributed by atoms with Crippen molar-refractivity contribution in [2.45, 2.75) is 18.8 Å². The van der Waals surface area contributed by atoms with Gasteiger partial charge in [0.1, 0.15) is 17.2 Å². The van der Waals surface area contributed by atoms with Crippen LogP contribution in [0.5, 0.6) is 17.2 Å². The van der Waals surface area contributed by atoms with Crippen LogP contribution in [0.2, 0.25) is 0 Å². The fourth-order valence-corrected chi connectivity index (χ4v) is 2.95. The van der Waals surface area contributed by atoms with Crippen LogP contribution in [0.3, 0.4) is 0 Å². The number of hydrogen-bond acceptors (Lipinski definition) is 3. The van der Waals surface area contributed by atoms with Gasteiger partial charge in [-0.2, -0.15) is 0 Å². The minimum atomic E-state index is 0.529. The van der Waals surface area contributed by atoms with Crippen LogP contribution >= 0.6 is 0 Å². The zero-order valence-electron chi connectivity index (χ0n) is 13.7. The van der Waals surface area contributed by atoms with E-state index >= 15 is 0 Å². The SMILES string of the molecule is C=Cc1c(C2CC2)nc2ccccc2c1Oc1ccc(OC)cc1. The van der Waals surface area contributed by atoms with Gasteiger partial charge in [-0.15, -0.1) is 0 Å². The van der Waals surface area contributed by atoms with Gasteiger partial charge in [-0.05, 0) is 49.2 Å². The van der Waals surface area contributed by atoms with E-state index in [-0.39, 0.29) is 0 Å². The molecule has 1 aliphatic carbocycles. The lowest BCUT2D eigenvalue weighted by Crippen LogP contribution is -1.98. The molecule has 0 amide bonds. The number of methoxy groups -OCH3 is 1. The lowest BCUT2D eigenvalue weighted by Gasteiger charge is -2.15. The van der Waals surface area contributed by atoms with Crippen molar-refractivity contribution < 1.29 is 9.47 Å². The molecule has 0 spiro atoms. The summed E-state index contributed by atoms with van der Waals surface area (Å²) in [5.74, 6) is 2.95. The lowest BCUT2D eigenvalue weighted by molar-refractivity contribution is 0.413. The maximum absolute atomic E-state index is 6.26. The maximum atomic E-state index is 6.26. The van der Waals surface area contributed by atoms with E-state index in [1.54, 1.807) is 7.11 Å². The molecule has 3 aromatic rings. The number of rotatable bonds is 5. The highest BCUT2D eigenvalue weighted by Crippen LogP contribution is 2.45. The molecule has 24 heavy (non-hydrogen) atoms. The summed E-state index contributed by atoms with van der Waals surface area (Å²) in [6.07, 6.45) is 4.24. The highest BCUT2D eigenvalue weighted by atomic mass is 16.5. The van der Waals surface area contributed by atoms with Gasteiger partial charge in [-0.25, -0.2) is 0 Å². The third-order valence-electron chi connectivity index (χ3n) is 4.36. The topological polar surface area (TPSA) is 31.4 Å². The Morgan fingerprint density at radius 3 is 2.42 bits per heavy atom. The van der Waals surface area contributed by atoms with E-state index in [1.165, 1.54) is 12.8 Å². The van der Waals surface area contributed by atoms with Crippen LogP contribution in [-0.2, 0) is 0 Å². The summed E-state index contributed by atoms with van der Waals surface area (Å²) >= 11 is 0. The van der Waals surface area contributed by atoms with E-state index in [2.05, 4.69) is 6.58 Å². The number of benzene rings is 2. The summed E-state index contributed by atoms with van der Waals surface area (Å²) in [5, 5.41) is 1.01. The van der Waals surface area contributed by atoms with Crippen molar-refractivity contribution in [2.75, 3.05) is 7.11 Å². The average molecular weight is 317 g/mol. The Hall–Kier alpha value is -2.81. The first-order valence-corrected chi connectivity index (χ1v) is 8.17. The average Bonchev–Trinajstić information content (AvgIpc) is 3.47. The van der Waals surface area contributed by atoms with Crippen molar-refractivity contribution in [3.8, 4) is 17.2 Å². The van der Waals surface area contributed by atoms with E-state index < -0.39 is 0 Å². The van der Waals surface area contributed by atoms with Crippen LogP contribution < -0.4 is 9.47 Å². The third kappa shape index (κ3) is 2.62. The normalized spacial score (nSPS) is 13.7. The molecule has 0 atom stereocenters. The third-order valence-corrected chi connectivity index (χ3v) is 4.36. The Kier molecular flexibility index (Phi) is 3.69. The fourth-order valence-electron chi connectivity index (χ4n) is 2.95. The van der Waals surface area contributed by atoms with Gasteiger partial charge in [0.2, 0.25) is 0 Å². The van der Waals surface area contributed by atoms with Gasteiger partial charge in [0, 0.05) is 16.9 Å². The minimum absolute atomic E-state index is 0.529. The van der Waals surface area contributed by atoms with Crippen LogP contribution in [0.25, 0.3) is 17.0 Å². The first-order valence-electron chi connectivity index (χ1n) is 8.17. The zero-order chi connectivity index (χ0) is 16.5. The Morgan fingerprint density at radius 1 is 1.04 bits per heavy atom. The van der Waals surface area contributed by atoms with Crippen molar-refractivity contribution in [2.24, 2.45) is 0 Å². The van der Waals surface area contributed by atoms with Crippen molar-refractivity contribution in [1.82, 2.24) is 4.98 Å². The van der Waals surface area contributed by atoms with Crippen LogP contribution in [0.1, 0.15) is 30.0 Å². The standard InChI is InChI=1S/C21H19NO2/c1-3-17-20(14-8-9-14)22-19-7-5-4-6-18(19)21(17)24-16-12-10-15(23-2)11-13-16/h3-7,10-14H,1,8-9H2,2H3. The number of nitrogens with zero attached hydrogens (tertiary/aromatic N) is 1. The Balaban J connectivity index is 1.86. The molecule has 0 N–H and O–H groups in total. The monoisotopic (exact) mass is 317 g/mol. The van der Waals surface area contributed by atoms with E-state index in [0.29, 0.717) is 5.92 Å². The molecular formula is C21H19NO2. The highest BCUT2D eigenvalue weighted by molar-refractivity contribution is 5.90. The van der Waals surface area contributed by atoms with E-state index in [1.807, 2.05) is 54.6 Å². The smallest absolute Gasteiger partial charge is 0.145 e. The second-order valence-electron chi connectivity index (χ2n) is 6.01. The molecule has 120 valence electrons. The molecular weight excluding hydrogens is 298 g/mol. The second-order valence-corrected chi connectivity index (χ2v) is 6.01. The second kappa shape index (κ2) is 6.00. The quantitative estimate of drug-likeness (QED) is 0.617. The van der Waals surface area contributed by atoms with Crippen LogP contribution in [0.4, 0.5) is 0 Å². The molecule has 3 nitrogen and oxygen atoms in total. The highest BCUT2D eigenvalue weighted by Gasteiger charge is 2.29. The molecule has 1 heterocycles. The molecule has 1 aromatic heterocycles. The summed E-state index contributed by atoms with van der Waals surface area (Å²) in [6, 6.07) is 15.7. The van der Waals surface area contributed by atoms with Gasteiger partial charge in [0.15, 0.2) is 0 Å². The van der Waals surface area contributed by atoms with Gasteiger partial charge >= 0.3 is 0 Å². The molecule has 1 fully saturated rings. The van der Waals surface area contributed by atoms with Crippen molar-refractivity contribution in [3.05, 3.63) is 66.4 Å². The molecule has 0 unspecified atom stereocenters. The van der Waals surface area contributed by atoms with E-state index in [4.69, 9.17) is 14.5 Å². The number of aromatic nitrogens is 1. The van der Waals surface area contributed by atoms with Gasteiger partial charge in [0.25, 0.3) is 0 Å². The van der Waals surface area contributed by atoms with Gasteiger partial charge < -0.3 is 9.47 Å². The van der Waals surface area contributed by atoms with E-state index in [9.17, 15) is 0 Å². The summed E-state index contributed by atoms with van der Waals surface area (Å²) in [6.45, 7) is 4.00. The van der Waals surface area contributed by atoms with Crippen LogP contribution in [0, 0.1) is 0 Å². The molecule has 0 saturated heterocycles. The fraction of sp³-hybridized carbons (Fsp3) is 0.190. The summed E-state index contributed by atoms with van der Waals surface area (Å²) in [7, 11) is 1.66. The Labute approximate surface area is 141 Å². The van der Waals surface area contributed by atoms with Crippen molar-refractivity contribution in [1.29, 1.82) is 0 Å². The van der Waals surface area contributed by atoms with Crippen molar-refractivity contribution >= 4 is 17.0 Å². The molecule has 0 radical (unpaired) electrons. The molecule has 0 bridgehead atoms. The molecule has 2 aromatic carbocycles. The van der Waals surface area contributed by atoms with E-state index in [0.717, 1.165) is 39.4 Å². The number of ether oxygens (including phenoxy) is 2.